The van der Waals surface area contributed by atoms with Crippen LogP contribution in [0.15, 0.2) is 61.4 Å². The van der Waals surface area contributed by atoms with Gasteiger partial charge in [0.25, 0.3) is 12.3 Å². The molecule has 1 aliphatic carbocycles. The van der Waals surface area contributed by atoms with E-state index in [1.165, 1.54) is 16.9 Å². The molecule has 16 heteroatoms. The molecule has 53 heavy (non-hydrogen) atoms. The zero-order valence-electron chi connectivity index (χ0n) is 29.4. The van der Waals surface area contributed by atoms with E-state index in [0.717, 1.165) is 74.6 Å². The molecule has 0 bridgehead atoms. The topological polar surface area (TPSA) is 146 Å². The van der Waals surface area contributed by atoms with E-state index in [9.17, 15) is 23.2 Å². The molecule has 5 aromatic rings. The van der Waals surface area contributed by atoms with Gasteiger partial charge in [-0.3, -0.25) is 29.5 Å². The van der Waals surface area contributed by atoms with Crippen molar-refractivity contribution in [3.05, 3.63) is 72.7 Å². The Morgan fingerprint density at radius 1 is 1.06 bits per heavy atom. The first-order valence-electron chi connectivity index (χ1n) is 18.1. The lowest BCUT2D eigenvalue weighted by Crippen LogP contribution is -2.49. The molecule has 8 rings (SSSR count). The highest BCUT2D eigenvalue weighted by atomic mass is 19.3. The number of benzene rings is 1. The molecule has 3 fully saturated rings. The Balaban J connectivity index is 0.838. The Morgan fingerprint density at radius 3 is 2.64 bits per heavy atom. The number of nitrogens with zero attached hydrogens (tertiary/aromatic N) is 9. The van der Waals surface area contributed by atoms with Crippen molar-refractivity contribution >= 4 is 51.3 Å². The smallest absolute Gasteiger partial charge is 0.328 e. The van der Waals surface area contributed by atoms with Crippen LogP contribution in [0.3, 0.4) is 0 Å². The fourth-order valence-electron chi connectivity index (χ4n) is 8.09. The zero-order valence-corrected chi connectivity index (χ0v) is 29.4. The number of aromatic nitrogens is 6. The third-order valence-corrected chi connectivity index (χ3v) is 11.0. The van der Waals surface area contributed by atoms with Gasteiger partial charge in [0.05, 0.1) is 29.8 Å². The predicted molar refractivity (Wildman–Crippen MR) is 194 cm³/mol. The number of halogens is 2. The summed E-state index contributed by atoms with van der Waals surface area (Å²) in [7, 11) is 2.21. The highest BCUT2D eigenvalue weighted by Crippen LogP contribution is 2.36. The molecule has 276 valence electrons. The van der Waals surface area contributed by atoms with Crippen LogP contribution in [0.2, 0.25) is 0 Å². The second kappa shape index (κ2) is 14.5. The molecule has 2 saturated heterocycles. The summed E-state index contributed by atoms with van der Waals surface area (Å²) in [5.41, 5.74) is 1.92. The summed E-state index contributed by atoms with van der Waals surface area (Å²) in [5.74, 6) is -0.324. The maximum absolute atomic E-state index is 14.0. The summed E-state index contributed by atoms with van der Waals surface area (Å²) in [5, 5.41) is 15.2. The normalized spacial score (nSPS) is 20.2. The van der Waals surface area contributed by atoms with Gasteiger partial charge in [-0.25, -0.2) is 23.1 Å². The number of alkyl halides is 2. The number of pyridine rings is 1. The monoisotopic (exact) mass is 725 g/mol. The first-order valence-corrected chi connectivity index (χ1v) is 18.1. The number of carbonyl (C=O) groups is 3. The van der Waals surface area contributed by atoms with Crippen LogP contribution in [0, 0.1) is 5.92 Å². The number of amides is 4. The molecule has 4 amide bonds. The standard InChI is InChI=1S/C37H41F2N11O3/c1-46(25-9-14-47(15-10-25)27-7-8-28-24(17-27)18-40-20-31(28)48-16-11-32(51)44-37(48)53)21-23-3-5-26(6-4-23)50-22-30(33(45-50)34(38)39)43-36(52)29-19-42-49-13-2-12-41-35(29)49/h2,7-8,12-13,17-20,22-23,25-26,34H,3-6,9-11,14-16,21H2,1H3,(H,43,52)(H,44,51,53). The van der Waals surface area contributed by atoms with Gasteiger partial charge >= 0.3 is 6.03 Å². The predicted octanol–water partition coefficient (Wildman–Crippen LogP) is 5.44. The number of hydrogen-bond acceptors (Lipinski definition) is 9. The lowest BCUT2D eigenvalue weighted by Gasteiger charge is -2.40. The molecule has 0 atom stereocenters. The minimum atomic E-state index is -2.83. The number of piperidine rings is 1. The van der Waals surface area contributed by atoms with Crippen molar-refractivity contribution in [1.29, 1.82) is 0 Å². The van der Waals surface area contributed by atoms with Crippen LogP contribution in [0.5, 0.6) is 0 Å². The molecule has 0 unspecified atom stereocenters. The molecular formula is C37H41F2N11O3. The van der Waals surface area contributed by atoms with Gasteiger partial charge in [-0.15, -0.1) is 0 Å². The average Bonchev–Trinajstić information content (AvgIpc) is 3.80. The molecular weight excluding hydrogens is 684 g/mol. The van der Waals surface area contributed by atoms with Crippen LogP contribution in [0.1, 0.15) is 73.5 Å². The van der Waals surface area contributed by atoms with Crippen LogP contribution in [0.4, 0.5) is 30.6 Å². The van der Waals surface area contributed by atoms with E-state index in [0.29, 0.717) is 29.8 Å². The molecule has 0 spiro atoms. The van der Waals surface area contributed by atoms with Crippen LogP contribution >= 0.6 is 0 Å². The van der Waals surface area contributed by atoms with E-state index in [2.05, 4.69) is 59.8 Å². The fourth-order valence-corrected chi connectivity index (χ4v) is 8.09. The summed E-state index contributed by atoms with van der Waals surface area (Å²) in [6, 6.07) is 7.98. The molecule has 6 heterocycles. The Hall–Kier alpha value is -5.51. The second-order valence-electron chi connectivity index (χ2n) is 14.3. The Kier molecular flexibility index (Phi) is 9.45. The number of fused-ring (bicyclic) bond motifs is 2. The van der Waals surface area contributed by atoms with Gasteiger partial charge in [0, 0.05) is 79.9 Å². The summed E-state index contributed by atoms with van der Waals surface area (Å²) in [6.07, 6.45) is 12.7. The molecule has 1 saturated carbocycles. The number of nitrogens with one attached hydrogen (secondary N) is 2. The van der Waals surface area contributed by atoms with E-state index >= 15 is 0 Å². The first kappa shape index (κ1) is 34.6. The number of urea groups is 1. The van der Waals surface area contributed by atoms with Crippen molar-refractivity contribution in [2.24, 2.45) is 5.92 Å². The van der Waals surface area contributed by atoms with E-state index in [4.69, 9.17) is 0 Å². The van der Waals surface area contributed by atoms with Crippen LogP contribution in [-0.4, -0.2) is 91.4 Å². The van der Waals surface area contributed by atoms with E-state index in [1.54, 1.807) is 34.2 Å². The molecule has 0 radical (unpaired) electrons. The van der Waals surface area contributed by atoms with Gasteiger partial charge < -0.3 is 15.1 Å². The van der Waals surface area contributed by atoms with E-state index in [-0.39, 0.29) is 29.6 Å². The van der Waals surface area contributed by atoms with E-state index < -0.39 is 24.1 Å². The Bertz CT molecular complexity index is 2150. The maximum Gasteiger partial charge on any atom is 0.328 e. The fraction of sp³-hybridized carbons (Fsp3) is 0.432. The molecule has 3 aliphatic rings. The lowest BCUT2D eigenvalue weighted by atomic mass is 9.85. The summed E-state index contributed by atoms with van der Waals surface area (Å²) < 4.78 is 31.1. The van der Waals surface area contributed by atoms with Gasteiger partial charge in [-0.1, -0.05) is 6.07 Å². The minimum absolute atomic E-state index is 0.00354. The molecule has 4 aromatic heterocycles. The third-order valence-electron chi connectivity index (χ3n) is 11.0. The summed E-state index contributed by atoms with van der Waals surface area (Å²) >= 11 is 0. The highest BCUT2D eigenvalue weighted by molar-refractivity contribution is 6.10. The number of carbonyl (C=O) groups excluding carboxylic acids is 3. The van der Waals surface area contributed by atoms with Gasteiger partial charge in [0.2, 0.25) is 5.91 Å². The molecule has 2 N–H and O–H groups in total. The Morgan fingerprint density at radius 2 is 1.87 bits per heavy atom. The van der Waals surface area contributed by atoms with Crippen molar-refractivity contribution in [2.45, 2.75) is 63.5 Å². The molecule has 1 aromatic carbocycles. The van der Waals surface area contributed by atoms with E-state index in [1.807, 2.05) is 12.3 Å². The quantitative estimate of drug-likeness (QED) is 0.203. The maximum atomic E-state index is 14.0. The Labute approximate surface area is 304 Å². The first-order chi connectivity index (χ1) is 25.7. The molecule has 2 aliphatic heterocycles. The van der Waals surface area contributed by atoms with Crippen LogP contribution < -0.4 is 20.4 Å². The summed E-state index contributed by atoms with van der Waals surface area (Å²) in [4.78, 5) is 52.2. The van der Waals surface area contributed by atoms with Gasteiger partial charge in [-0.05, 0) is 69.7 Å². The van der Waals surface area contributed by atoms with Crippen molar-refractivity contribution < 1.29 is 23.2 Å². The zero-order chi connectivity index (χ0) is 36.6. The molecule has 14 nitrogen and oxygen atoms in total. The lowest BCUT2D eigenvalue weighted by molar-refractivity contribution is -0.120. The van der Waals surface area contributed by atoms with Crippen LogP contribution in [-0.2, 0) is 4.79 Å². The average molecular weight is 726 g/mol. The SMILES string of the molecule is CN(CC1CCC(n2cc(NC(=O)c3cnn4cccnc34)c(C(F)F)n2)CC1)C1CCN(c2ccc3c(N4CCC(=O)NC4=O)cncc3c2)CC1. The van der Waals surface area contributed by atoms with Crippen LogP contribution in [0.25, 0.3) is 16.4 Å². The van der Waals surface area contributed by atoms with Gasteiger partial charge in [0.15, 0.2) is 11.3 Å². The number of rotatable bonds is 9. The number of anilines is 3. The van der Waals surface area contributed by atoms with Gasteiger partial charge in [-0.2, -0.15) is 10.2 Å². The second-order valence-corrected chi connectivity index (χ2v) is 14.3. The van der Waals surface area contributed by atoms with Crippen molar-refractivity contribution in [1.82, 2.24) is 39.6 Å². The van der Waals surface area contributed by atoms with Crippen molar-refractivity contribution in [3.8, 4) is 0 Å². The number of hydrogen-bond donors (Lipinski definition) is 2. The summed E-state index contributed by atoms with van der Waals surface area (Å²) in [6.45, 7) is 3.16. The number of imide groups is 1. The van der Waals surface area contributed by atoms with Crippen molar-refractivity contribution in [3.63, 3.8) is 0 Å². The van der Waals surface area contributed by atoms with Crippen molar-refractivity contribution in [2.75, 3.05) is 48.3 Å². The minimum Gasteiger partial charge on any atom is -0.371 e. The van der Waals surface area contributed by atoms with Gasteiger partial charge in [0.1, 0.15) is 5.56 Å². The third kappa shape index (κ3) is 7.02. The largest absolute Gasteiger partial charge is 0.371 e. The highest BCUT2D eigenvalue weighted by Gasteiger charge is 2.31.